The van der Waals surface area contributed by atoms with Gasteiger partial charge in [0.1, 0.15) is 16.0 Å². The molecule has 1 aromatic rings. The molecule has 1 N–H and O–H groups in total. The molecule has 1 aliphatic heterocycles. The van der Waals surface area contributed by atoms with Gasteiger partial charge in [-0.1, -0.05) is 6.92 Å². The van der Waals surface area contributed by atoms with Crippen LogP contribution in [0.2, 0.25) is 0 Å². The molecule has 0 saturated carbocycles. The van der Waals surface area contributed by atoms with Gasteiger partial charge >= 0.3 is 0 Å². The predicted octanol–water partition coefficient (Wildman–Crippen LogP) is 2.06. The SMILES string of the molecule is CCS(=O)(=O)C[C@@]1(N[S+]([O-])C(C)(C)C)CCOc2ccc([N+](=O)[O-])cc21. The molecule has 0 amide bonds. The monoisotopic (exact) mass is 404 g/mol. The molecule has 0 fully saturated rings. The largest absolute Gasteiger partial charge is 0.598 e. The molecule has 0 spiro atoms. The predicted molar refractivity (Wildman–Crippen MR) is 100 cm³/mol. The number of hydrogen-bond donors (Lipinski definition) is 1. The number of ether oxygens (including phenoxy) is 1. The average molecular weight is 405 g/mol. The summed E-state index contributed by atoms with van der Waals surface area (Å²) in [5.74, 6) is -0.0222. The number of nitrogens with zero attached hydrogens (tertiary/aromatic N) is 1. The van der Waals surface area contributed by atoms with Gasteiger partial charge in [-0.25, -0.2) is 8.42 Å². The number of fused-ring (bicyclic) bond motifs is 1. The number of rotatable bonds is 6. The first-order chi connectivity index (χ1) is 11.9. The third-order valence-corrected chi connectivity index (χ3v) is 7.73. The van der Waals surface area contributed by atoms with E-state index in [0.29, 0.717) is 11.3 Å². The van der Waals surface area contributed by atoms with Crippen molar-refractivity contribution >= 4 is 26.9 Å². The van der Waals surface area contributed by atoms with Crippen molar-refractivity contribution in [1.29, 1.82) is 0 Å². The van der Waals surface area contributed by atoms with Crippen molar-refractivity contribution in [3.63, 3.8) is 0 Å². The lowest BCUT2D eigenvalue weighted by molar-refractivity contribution is -0.385. The van der Waals surface area contributed by atoms with Crippen molar-refractivity contribution in [2.75, 3.05) is 18.1 Å². The van der Waals surface area contributed by atoms with E-state index in [2.05, 4.69) is 4.72 Å². The molecule has 2 atom stereocenters. The number of nitro groups is 1. The third kappa shape index (κ3) is 4.48. The van der Waals surface area contributed by atoms with Crippen LogP contribution < -0.4 is 9.46 Å². The fraction of sp³-hybridized carbons (Fsp3) is 0.625. The Morgan fingerprint density at radius 2 is 2.04 bits per heavy atom. The lowest BCUT2D eigenvalue weighted by atomic mass is 9.87. The van der Waals surface area contributed by atoms with Crippen LogP contribution in [0.15, 0.2) is 18.2 Å². The van der Waals surface area contributed by atoms with Crippen LogP contribution in [0.1, 0.15) is 39.7 Å². The minimum atomic E-state index is -3.47. The third-order valence-electron chi connectivity index (χ3n) is 4.23. The highest BCUT2D eigenvalue weighted by atomic mass is 32.2. The van der Waals surface area contributed by atoms with Crippen LogP contribution in [0.3, 0.4) is 0 Å². The summed E-state index contributed by atoms with van der Waals surface area (Å²) in [5, 5.41) is 11.2. The zero-order valence-corrected chi connectivity index (χ0v) is 16.9. The highest BCUT2D eigenvalue weighted by molar-refractivity contribution is 7.92. The van der Waals surface area contributed by atoms with E-state index in [1.165, 1.54) is 25.1 Å². The van der Waals surface area contributed by atoms with E-state index < -0.39 is 36.4 Å². The van der Waals surface area contributed by atoms with Crippen LogP contribution in [0.5, 0.6) is 5.75 Å². The van der Waals surface area contributed by atoms with E-state index in [4.69, 9.17) is 4.74 Å². The molecule has 146 valence electrons. The van der Waals surface area contributed by atoms with E-state index in [9.17, 15) is 23.1 Å². The van der Waals surface area contributed by atoms with E-state index in [1.54, 1.807) is 20.8 Å². The first-order valence-electron chi connectivity index (χ1n) is 8.22. The molecule has 0 saturated heterocycles. The summed E-state index contributed by atoms with van der Waals surface area (Å²) in [5.41, 5.74) is -1.03. The minimum Gasteiger partial charge on any atom is -0.598 e. The van der Waals surface area contributed by atoms with Crippen molar-refractivity contribution < 1.29 is 22.6 Å². The highest BCUT2D eigenvalue weighted by Crippen LogP contribution is 2.41. The standard InChI is InChI=1S/C16H24N2O6S2/c1-5-26(22,23)11-16(17-25(21)15(2,3)4)8-9-24-14-7-6-12(18(19)20)10-13(14)16/h6-7,10,17H,5,8-9,11H2,1-4H3/t16-,25?/m0/s1. The Morgan fingerprint density at radius 3 is 2.58 bits per heavy atom. The van der Waals surface area contributed by atoms with Crippen molar-refractivity contribution in [1.82, 2.24) is 4.72 Å². The molecule has 0 bridgehead atoms. The summed E-state index contributed by atoms with van der Waals surface area (Å²) in [6.07, 6.45) is 0.238. The van der Waals surface area contributed by atoms with Gasteiger partial charge in [-0.15, -0.1) is 4.72 Å². The van der Waals surface area contributed by atoms with Gasteiger partial charge in [-0.3, -0.25) is 10.1 Å². The second-order valence-corrected chi connectivity index (χ2v) is 11.6. The maximum atomic E-state index is 12.8. The highest BCUT2D eigenvalue weighted by Gasteiger charge is 2.47. The summed E-state index contributed by atoms with van der Waals surface area (Å²) in [7, 11) is -3.47. The molecule has 1 unspecified atom stereocenters. The Hall–Kier alpha value is -1.36. The van der Waals surface area contributed by atoms with Crippen LogP contribution in [0.25, 0.3) is 0 Å². The van der Waals surface area contributed by atoms with E-state index in [1.807, 2.05) is 0 Å². The Labute approximate surface area is 156 Å². The maximum Gasteiger partial charge on any atom is 0.270 e. The van der Waals surface area contributed by atoms with Crippen LogP contribution in [-0.4, -0.2) is 40.8 Å². The quantitative estimate of drug-likeness (QED) is 0.437. The van der Waals surface area contributed by atoms with Crippen LogP contribution in [-0.2, 0) is 26.7 Å². The van der Waals surface area contributed by atoms with Crippen molar-refractivity contribution in [2.45, 2.75) is 44.4 Å². The van der Waals surface area contributed by atoms with Gasteiger partial charge in [0.15, 0.2) is 9.84 Å². The number of nitro benzene ring substituents is 1. The summed E-state index contributed by atoms with van der Waals surface area (Å²) in [6, 6.07) is 4.08. The van der Waals surface area contributed by atoms with Gasteiger partial charge in [-0.2, -0.15) is 0 Å². The Balaban J connectivity index is 2.62. The molecule has 1 aliphatic rings. The molecule has 10 heteroatoms. The van der Waals surface area contributed by atoms with Crippen LogP contribution in [0.4, 0.5) is 5.69 Å². The fourth-order valence-corrected chi connectivity index (χ4v) is 5.06. The van der Waals surface area contributed by atoms with Gasteiger partial charge < -0.3 is 9.29 Å². The molecular formula is C16H24N2O6S2. The van der Waals surface area contributed by atoms with Crippen molar-refractivity contribution in [2.24, 2.45) is 0 Å². The molecule has 8 nitrogen and oxygen atoms in total. The number of sulfone groups is 1. The van der Waals surface area contributed by atoms with Crippen LogP contribution in [0, 0.1) is 10.1 Å². The summed E-state index contributed by atoms with van der Waals surface area (Å²) in [4.78, 5) is 10.6. The second-order valence-electron chi connectivity index (χ2n) is 7.28. The number of hydrogen-bond acceptors (Lipinski definition) is 7. The first kappa shape index (κ1) is 20.9. The molecule has 1 aromatic carbocycles. The zero-order chi connectivity index (χ0) is 19.8. The summed E-state index contributed by atoms with van der Waals surface area (Å²) < 4.78 is 45.5. The second kappa shape index (κ2) is 7.34. The molecule has 0 aromatic heterocycles. The van der Waals surface area contributed by atoms with E-state index in [-0.39, 0.29) is 30.2 Å². The van der Waals surface area contributed by atoms with Crippen LogP contribution >= 0.6 is 0 Å². The average Bonchev–Trinajstić information content (AvgIpc) is 2.53. The van der Waals surface area contributed by atoms with Gasteiger partial charge in [-0.05, 0) is 26.8 Å². The Bertz CT molecular complexity index is 790. The maximum absolute atomic E-state index is 12.8. The molecule has 26 heavy (non-hydrogen) atoms. The first-order valence-corrected chi connectivity index (χ1v) is 11.2. The van der Waals surface area contributed by atoms with Crippen molar-refractivity contribution in [3.05, 3.63) is 33.9 Å². The molecule has 2 rings (SSSR count). The van der Waals surface area contributed by atoms with E-state index in [0.717, 1.165) is 0 Å². The van der Waals surface area contributed by atoms with Gasteiger partial charge in [0.25, 0.3) is 5.69 Å². The van der Waals surface area contributed by atoms with Gasteiger partial charge in [0.2, 0.25) is 0 Å². The molecule has 1 heterocycles. The van der Waals surface area contributed by atoms with Gasteiger partial charge in [0.05, 0.1) is 17.3 Å². The lowest BCUT2D eigenvalue weighted by Crippen LogP contribution is -2.56. The molecule has 0 radical (unpaired) electrons. The lowest BCUT2D eigenvalue weighted by Gasteiger charge is -2.40. The van der Waals surface area contributed by atoms with Gasteiger partial charge in [0, 0.05) is 41.2 Å². The minimum absolute atomic E-state index is 0.0797. The number of benzene rings is 1. The number of nitrogens with one attached hydrogen (secondary N) is 1. The fourth-order valence-electron chi connectivity index (χ4n) is 2.69. The smallest absolute Gasteiger partial charge is 0.270 e. The normalized spacial score (nSPS) is 21.6. The molecular weight excluding hydrogens is 380 g/mol. The summed E-state index contributed by atoms with van der Waals surface area (Å²) >= 11 is -1.58. The van der Waals surface area contributed by atoms with E-state index >= 15 is 0 Å². The number of non-ortho nitro benzene ring substituents is 1. The molecule has 0 aliphatic carbocycles. The Kier molecular flexibility index (Phi) is 5.91. The topological polar surface area (TPSA) is 122 Å². The van der Waals surface area contributed by atoms with Crippen molar-refractivity contribution in [3.8, 4) is 5.75 Å². The Morgan fingerprint density at radius 1 is 1.38 bits per heavy atom. The summed E-state index contributed by atoms with van der Waals surface area (Å²) in [6.45, 7) is 7.07. The zero-order valence-electron chi connectivity index (χ0n) is 15.3.